The highest BCUT2D eigenvalue weighted by Crippen LogP contribution is 2.22. The highest BCUT2D eigenvalue weighted by Gasteiger charge is 2.27. The number of carbonyl (C=O) groups is 2. The van der Waals surface area contributed by atoms with Gasteiger partial charge in [-0.3, -0.25) is 14.7 Å². The van der Waals surface area contributed by atoms with Crippen molar-refractivity contribution >= 4 is 17.9 Å². The molecule has 0 saturated carbocycles. The first kappa shape index (κ1) is 18.7. The predicted octanol–water partition coefficient (Wildman–Crippen LogP) is 0.820. The van der Waals surface area contributed by atoms with E-state index >= 15 is 0 Å². The van der Waals surface area contributed by atoms with Crippen LogP contribution in [-0.2, 0) is 10.2 Å². The van der Waals surface area contributed by atoms with E-state index < -0.39 is 0 Å². The lowest BCUT2D eigenvalue weighted by Gasteiger charge is -2.27. The highest BCUT2D eigenvalue weighted by atomic mass is 19.1. The van der Waals surface area contributed by atoms with Crippen LogP contribution in [0.15, 0.2) is 29.3 Å². The minimum atomic E-state index is -0.373. The standard InChI is InChI=1S/C17H24FN5O2/c1-17(2,12-5-4-6-13(18)9-12)11-22-15(19-3)20-7-8-23-14(24)10-21-16(23)25/h4-6,9H,7-8,10-11H2,1-3H3,(H,21,25)(H2,19,20,22). The first-order valence-corrected chi connectivity index (χ1v) is 8.12. The molecule has 0 radical (unpaired) electrons. The van der Waals surface area contributed by atoms with E-state index in [4.69, 9.17) is 0 Å². The largest absolute Gasteiger partial charge is 0.356 e. The van der Waals surface area contributed by atoms with Gasteiger partial charge in [0.15, 0.2) is 5.96 Å². The van der Waals surface area contributed by atoms with Gasteiger partial charge < -0.3 is 16.0 Å². The second-order valence-electron chi connectivity index (χ2n) is 6.45. The molecule has 8 heteroatoms. The normalized spacial score (nSPS) is 15.4. The number of carbonyl (C=O) groups excluding carboxylic acids is 2. The van der Waals surface area contributed by atoms with Crippen LogP contribution < -0.4 is 16.0 Å². The van der Waals surface area contributed by atoms with Crippen LogP contribution in [0.1, 0.15) is 19.4 Å². The summed E-state index contributed by atoms with van der Waals surface area (Å²) in [6, 6.07) is 6.15. The van der Waals surface area contributed by atoms with E-state index in [2.05, 4.69) is 20.9 Å². The molecule has 0 unspecified atom stereocenters. The summed E-state index contributed by atoms with van der Waals surface area (Å²) >= 11 is 0. The van der Waals surface area contributed by atoms with Gasteiger partial charge in [-0.25, -0.2) is 9.18 Å². The first-order chi connectivity index (χ1) is 11.8. The second-order valence-corrected chi connectivity index (χ2v) is 6.45. The molecule has 1 aromatic carbocycles. The SMILES string of the molecule is CN=C(NCCN1C(=O)CNC1=O)NCC(C)(C)c1cccc(F)c1. The van der Waals surface area contributed by atoms with E-state index in [1.165, 1.54) is 12.1 Å². The van der Waals surface area contributed by atoms with E-state index in [1.807, 2.05) is 19.9 Å². The molecular formula is C17H24FN5O2. The quantitative estimate of drug-likeness (QED) is 0.403. The van der Waals surface area contributed by atoms with Crippen molar-refractivity contribution in [2.75, 3.05) is 33.2 Å². The Labute approximate surface area is 146 Å². The molecule has 1 aliphatic heterocycles. The van der Waals surface area contributed by atoms with E-state index in [-0.39, 0.29) is 36.3 Å². The van der Waals surface area contributed by atoms with Gasteiger partial charge in [0.1, 0.15) is 5.82 Å². The van der Waals surface area contributed by atoms with E-state index in [1.54, 1.807) is 13.1 Å². The lowest BCUT2D eigenvalue weighted by molar-refractivity contribution is -0.124. The maximum Gasteiger partial charge on any atom is 0.324 e. The molecule has 1 fully saturated rings. The number of aliphatic imine (C=N–C) groups is 1. The molecule has 0 spiro atoms. The number of urea groups is 1. The third-order valence-corrected chi connectivity index (χ3v) is 4.09. The Bertz CT molecular complexity index is 659. The summed E-state index contributed by atoms with van der Waals surface area (Å²) in [5.41, 5.74) is 0.583. The molecule has 1 aromatic rings. The maximum atomic E-state index is 13.4. The van der Waals surface area contributed by atoms with Crippen LogP contribution in [0.25, 0.3) is 0 Å². The molecule has 0 aliphatic carbocycles. The summed E-state index contributed by atoms with van der Waals surface area (Å²) < 4.78 is 13.4. The number of hydrogen-bond donors (Lipinski definition) is 3. The van der Waals surface area contributed by atoms with Crippen molar-refractivity contribution in [3.63, 3.8) is 0 Å². The Morgan fingerprint density at radius 3 is 2.72 bits per heavy atom. The molecule has 136 valence electrons. The zero-order valence-electron chi connectivity index (χ0n) is 14.7. The average molecular weight is 349 g/mol. The molecule has 1 aliphatic rings. The summed E-state index contributed by atoms with van der Waals surface area (Å²) in [4.78, 5) is 28.3. The number of guanidine groups is 1. The van der Waals surface area contributed by atoms with Gasteiger partial charge in [0, 0.05) is 32.1 Å². The molecule has 1 saturated heterocycles. The Balaban J connectivity index is 1.83. The van der Waals surface area contributed by atoms with Crippen LogP contribution >= 0.6 is 0 Å². The lowest BCUT2D eigenvalue weighted by atomic mass is 9.84. The number of benzene rings is 1. The first-order valence-electron chi connectivity index (χ1n) is 8.12. The number of halogens is 1. The van der Waals surface area contributed by atoms with Crippen LogP contribution in [0.3, 0.4) is 0 Å². The Kier molecular flexibility index (Phi) is 5.95. The number of rotatable bonds is 6. The van der Waals surface area contributed by atoms with Gasteiger partial charge >= 0.3 is 6.03 Å². The Hall–Kier alpha value is -2.64. The van der Waals surface area contributed by atoms with Crippen LogP contribution in [0.2, 0.25) is 0 Å². The van der Waals surface area contributed by atoms with Crippen molar-refractivity contribution in [1.82, 2.24) is 20.9 Å². The molecular weight excluding hydrogens is 325 g/mol. The van der Waals surface area contributed by atoms with Crippen molar-refractivity contribution in [3.8, 4) is 0 Å². The predicted molar refractivity (Wildman–Crippen MR) is 93.9 cm³/mol. The third kappa shape index (κ3) is 4.91. The van der Waals surface area contributed by atoms with Crippen LogP contribution in [-0.4, -0.2) is 56.0 Å². The van der Waals surface area contributed by atoms with E-state index in [0.717, 1.165) is 10.5 Å². The average Bonchev–Trinajstić information content (AvgIpc) is 2.89. The highest BCUT2D eigenvalue weighted by molar-refractivity contribution is 6.01. The fourth-order valence-electron chi connectivity index (χ4n) is 2.50. The molecule has 25 heavy (non-hydrogen) atoms. The summed E-state index contributed by atoms with van der Waals surface area (Å²) in [6.45, 7) is 5.26. The maximum absolute atomic E-state index is 13.4. The van der Waals surface area contributed by atoms with Crippen LogP contribution in [0, 0.1) is 5.82 Å². The lowest BCUT2D eigenvalue weighted by Crippen LogP contribution is -2.46. The van der Waals surface area contributed by atoms with Crippen molar-refractivity contribution in [3.05, 3.63) is 35.6 Å². The molecule has 0 bridgehead atoms. The van der Waals surface area contributed by atoms with Crippen molar-refractivity contribution in [2.24, 2.45) is 4.99 Å². The molecule has 3 N–H and O–H groups in total. The van der Waals surface area contributed by atoms with Crippen LogP contribution in [0.4, 0.5) is 9.18 Å². The minimum absolute atomic E-state index is 0.0492. The summed E-state index contributed by atoms with van der Waals surface area (Å²) in [6.07, 6.45) is 0. The summed E-state index contributed by atoms with van der Waals surface area (Å²) in [7, 11) is 1.64. The number of amides is 3. The zero-order chi connectivity index (χ0) is 18.4. The monoisotopic (exact) mass is 349 g/mol. The molecule has 0 aromatic heterocycles. The molecule has 3 amide bonds. The molecule has 7 nitrogen and oxygen atoms in total. The molecule has 0 atom stereocenters. The van der Waals surface area contributed by atoms with E-state index in [0.29, 0.717) is 19.0 Å². The number of nitrogens with one attached hydrogen (secondary N) is 3. The fourth-order valence-corrected chi connectivity index (χ4v) is 2.50. The Morgan fingerprint density at radius 1 is 1.36 bits per heavy atom. The number of imide groups is 1. The molecule has 1 heterocycles. The fraction of sp³-hybridized carbons (Fsp3) is 0.471. The van der Waals surface area contributed by atoms with Crippen molar-refractivity contribution < 1.29 is 14.0 Å². The van der Waals surface area contributed by atoms with Gasteiger partial charge in [0.25, 0.3) is 0 Å². The van der Waals surface area contributed by atoms with Gasteiger partial charge in [-0.1, -0.05) is 26.0 Å². The Morgan fingerprint density at radius 2 is 2.12 bits per heavy atom. The summed E-state index contributed by atoms with van der Waals surface area (Å²) in [5, 5.41) is 8.72. The topological polar surface area (TPSA) is 85.8 Å². The van der Waals surface area contributed by atoms with Crippen LogP contribution in [0.5, 0.6) is 0 Å². The number of nitrogens with zero attached hydrogens (tertiary/aromatic N) is 2. The van der Waals surface area contributed by atoms with E-state index in [9.17, 15) is 14.0 Å². The number of hydrogen-bond acceptors (Lipinski definition) is 3. The van der Waals surface area contributed by atoms with Gasteiger partial charge in [0.05, 0.1) is 6.54 Å². The summed E-state index contributed by atoms with van der Waals surface area (Å²) in [5.74, 6) is 0.0557. The van der Waals surface area contributed by atoms with Gasteiger partial charge in [-0.05, 0) is 17.7 Å². The van der Waals surface area contributed by atoms with Crippen molar-refractivity contribution in [2.45, 2.75) is 19.3 Å². The minimum Gasteiger partial charge on any atom is -0.356 e. The van der Waals surface area contributed by atoms with Gasteiger partial charge in [-0.2, -0.15) is 0 Å². The molecule has 2 rings (SSSR count). The van der Waals surface area contributed by atoms with Gasteiger partial charge in [0.2, 0.25) is 5.91 Å². The van der Waals surface area contributed by atoms with Gasteiger partial charge in [-0.15, -0.1) is 0 Å². The third-order valence-electron chi connectivity index (χ3n) is 4.09. The second kappa shape index (κ2) is 7.96. The zero-order valence-corrected chi connectivity index (χ0v) is 14.7. The van der Waals surface area contributed by atoms with Crippen molar-refractivity contribution in [1.29, 1.82) is 0 Å². The smallest absolute Gasteiger partial charge is 0.324 e.